The van der Waals surface area contributed by atoms with E-state index in [-0.39, 0.29) is 30.4 Å². The van der Waals surface area contributed by atoms with E-state index in [1.54, 1.807) is 25.1 Å². The number of amides is 1. The van der Waals surface area contributed by atoms with Gasteiger partial charge in [0, 0.05) is 24.0 Å². The highest BCUT2D eigenvalue weighted by molar-refractivity contribution is 5.91. The van der Waals surface area contributed by atoms with Gasteiger partial charge in [-0.25, -0.2) is 0 Å². The fourth-order valence-electron chi connectivity index (χ4n) is 4.44. The van der Waals surface area contributed by atoms with Crippen LogP contribution in [0.3, 0.4) is 0 Å². The molecule has 1 amide bonds. The van der Waals surface area contributed by atoms with Crippen LogP contribution in [0.5, 0.6) is 5.75 Å². The molecular formula is C27H36F2N2O3. The summed E-state index contributed by atoms with van der Waals surface area (Å²) in [6.07, 6.45) is 1.79. The molecule has 3 rings (SSSR count). The molecule has 0 bridgehead atoms. The van der Waals surface area contributed by atoms with Crippen LogP contribution in [0.4, 0.5) is 20.2 Å². The number of aryl methyl sites for hydroxylation is 1. The zero-order valence-corrected chi connectivity index (χ0v) is 20.1. The van der Waals surface area contributed by atoms with Gasteiger partial charge in [-0.05, 0) is 67.5 Å². The predicted molar refractivity (Wildman–Crippen MR) is 131 cm³/mol. The molecule has 34 heavy (non-hydrogen) atoms. The molecule has 7 heteroatoms. The van der Waals surface area contributed by atoms with Crippen molar-refractivity contribution in [2.24, 2.45) is 5.92 Å². The van der Waals surface area contributed by atoms with Crippen molar-refractivity contribution in [2.75, 3.05) is 10.6 Å². The second kappa shape index (κ2) is 12.2. The van der Waals surface area contributed by atoms with Gasteiger partial charge in [-0.3, -0.25) is 4.79 Å². The first kappa shape index (κ1) is 25.9. The van der Waals surface area contributed by atoms with Crippen LogP contribution in [0.25, 0.3) is 0 Å². The number of nitrogens with one attached hydrogen (secondary N) is 2. The monoisotopic (exact) mass is 474 g/mol. The Labute approximate surface area is 200 Å². The number of aliphatic hydroxyl groups is 1. The molecule has 1 aliphatic carbocycles. The Morgan fingerprint density at radius 3 is 2.62 bits per heavy atom. The van der Waals surface area contributed by atoms with E-state index in [9.17, 15) is 18.7 Å². The van der Waals surface area contributed by atoms with Crippen LogP contribution in [0.15, 0.2) is 42.5 Å². The maximum atomic E-state index is 13.8. The topological polar surface area (TPSA) is 70.6 Å². The number of benzene rings is 2. The van der Waals surface area contributed by atoms with Gasteiger partial charge < -0.3 is 20.5 Å². The lowest BCUT2D eigenvalue weighted by molar-refractivity contribution is -0.180. The summed E-state index contributed by atoms with van der Waals surface area (Å²) in [5.74, 6) is 0.158. The van der Waals surface area contributed by atoms with Crippen LogP contribution >= 0.6 is 0 Å². The Kier molecular flexibility index (Phi) is 9.28. The van der Waals surface area contributed by atoms with Crippen molar-refractivity contribution in [3.63, 3.8) is 0 Å². The third-order valence-corrected chi connectivity index (χ3v) is 6.34. The summed E-state index contributed by atoms with van der Waals surface area (Å²) in [6.45, 7) is 4.14. The quantitative estimate of drug-likeness (QED) is 0.341. The third-order valence-electron chi connectivity index (χ3n) is 6.34. The number of rotatable bonds is 11. The molecule has 0 radical (unpaired) electrons. The average molecular weight is 475 g/mol. The van der Waals surface area contributed by atoms with E-state index in [1.165, 1.54) is 12.5 Å². The Morgan fingerprint density at radius 1 is 1.15 bits per heavy atom. The van der Waals surface area contributed by atoms with Gasteiger partial charge >= 0.3 is 6.11 Å². The minimum absolute atomic E-state index is 0.114. The average Bonchev–Trinajstić information content (AvgIpc) is 2.79. The predicted octanol–water partition coefficient (Wildman–Crippen LogP) is 6.65. The Bertz CT molecular complexity index is 945. The van der Waals surface area contributed by atoms with E-state index in [0.717, 1.165) is 36.8 Å². The largest absolute Gasteiger partial charge is 0.433 e. The van der Waals surface area contributed by atoms with Crippen molar-refractivity contribution in [1.82, 2.24) is 0 Å². The molecule has 3 N–H and O–H groups in total. The molecule has 186 valence electrons. The molecule has 1 aliphatic rings. The molecule has 1 unspecified atom stereocenters. The van der Waals surface area contributed by atoms with E-state index in [4.69, 9.17) is 4.74 Å². The highest BCUT2D eigenvalue weighted by Gasteiger charge is 2.30. The van der Waals surface area contributed by atoms with Crippen LogP contribution in [0.2, 0.25) is 0 Å². The van der Waals surface area contributed by atoms with E-state index in [0.29, 0.717) is 24.3 Å². The molecule has 0 spiro atoms. The van der Waals surface area contributed by atoms with Gasteiger partial charge in [-0.2, -0.15) is 8.78 Å². The van der Waals surface area contributed by atoms with Crippen LogP contribution in [0, 0.1) is 12.8 Å². The molecule has 0 heterocycles. The molecular weight excluding hydrogens is 438 g/mol. The van der Waals surface area contributed by atoms with Crippen LogP contribution in [-0.4, -0.2) is 23.2 Å². The number of alkyl halides is 2. The number of hydrogen-bond acceptors (Lipinski definition) is 4. The lowest BCUT2D eigenvalue weighted by Crippen LogP contribution is -2.28. The first-order valence-corrected chi connectivity index (χ1v) is 12.2. The molecule has 1 saturated carbocycles. The normalized spacial score (nSPS) is 15.6. The van der Waals surface area contributed by atoms with Gasteiger partial charge in [0.15, 0.2) is 0 Å². The van der Waals surface area contributed by atoms with Gasteiger partial charge in [0.2, 0.25) is 5.91 Å². The summed E-state index contributed by atoms with van der Waals surface area (Å²) in [7, 11) is 0. The number of halogens is 2. The molecule has 1 atom stereocenters. The summed E-state index contributed by atoms with van der Waals surface area (Å²) < 4.78 is 32.3. The molecule has 1 fully saturated rings. The molecule has 0 saturated heterocycles. The lowest BCUT2D eigenvalue weighted by atomic mass is 9.84. The first-order valence-electron chi connectivity index (χ1n) is 12.2. The maximum absolute atomic E-state index is 13.8. The van der Waals surface area contributed by atoms with Crippen molar-refractivity contribution < 1.29 is 23.4 Å². The van der Waals surface area contributed by atoms with Crippen molar-refractivity contribution in [3.8, 4) is 5.75 Å². The lowest BCUT2D eigenvalue weighted by Gasteiger charge is -2.26. The maximum Gasteiger partial charge on any atom is 0.397 e. The van der Waals surface area contributed by atoms with Crippen molar-refractivity contribution in [1.29, 1.82) is 0 Å². The minimum atomic E-state index is -3.18. The third kappa shape index (κ3) is 7.97. The van der Waals surface area contributed by atoms with Crippen molar-refractivity contribution >= 4 is 17.3 Å². The summed E-state index contributed by atoms with van der Waals surface area (Å²) in [5.41, 5.74) is 3.37. The fourth-order valence-corrected chi connectivity index (χ4v) is 4.44. The zero-order valence-electron chi connectivity index (χ0n) is 20.1. The summed E-state index contributed by atoms with van der Waals surface area (Å²) in [5, 5.41) is 16.5. The molecule has 5 nitrogen and oxygen atoms in total. The number of carbonyl (C=O) groups is 1. The Balaban J connectivity index is 1.52. The SMILES string of the molecule is CCCC(F)(F)Oc1cccc(NCc2ccc(NC(=O)CC(O)C3CCCCC3)cc2C)c1. The summed E-state index contributed by atoms with van der Waals surface area (Å²) in [4.78, 5) is 12.4. The number of hydrogen-bond donors (Lipinski definition) is 3. The number of carbonyl (C=O) groups excluding carboxylic acids is 1. The van der Waals surface area contributed by atoms with E-state index < -0.39 is 12.2 Å². The molecule has 0 aliphatic heterocycles. The van der Waals surface area contributed by atoms with Crippen LogP contribution < -0.4 is 15.4 Å². The number of ether oxygens (including phenoxy) is 1. The highest BCUT2D eigenvalue weighted by Crippen LogP contribution is 2.29. The molecule has 2 aromatic carbocycles. The number of anilines is 2. The number of aliphatic hydroxyl groups excluding tert-OH is 1. The fraction of sp³-hybridized carbons (Fsp3) is 0.519. The summed E-state index contributed by atoms with van der Waals surface area (Å²) in [6, 6.07) is 12.2. The van der Waals surface area contributed by atoms with Gasteiger partial charge in [0.05, 0.1) is 18.9 Å². The van der Waals surface area contributed by atoms with Gasteiger partial charge in [-0.1, -0.05) is 38.3 Å². The van der Waals surface area contributed by atoms with Gasteiger partial charge in [0.1, 0.15) is 5.75 Å². The van der Waals surface area contributed by atoms with Crippen LogP contribution in [-0.2, 0) is 11.3 Å². The van der Waals surface area contributed by atoms with Gasteiger partial charge in [-0.15, -0.1) is 0 Å². The zero-order chi connectivity index (χ0) is 24.6. The Morgan fingerprint density at radius 2 is 1.91 bits per heavy atom. The second-order valence-electron chi connectivity index (χ2n) is 9.23. The standard InChI is InChI=1S/C27H36F2N2O3/c1-3-14-27(28,29)34-24-11-7-10-22(16-24)30-18-21-12-13-23(15-19(21)2)31-26(33)17-25(32)20-8-5-4-6-9-20/h7,10-13,15-16,20,25,30,32H,3-6,8-9,14,17-18H2,1-2H3,(H,31,33). The van der Waals surface area contributed by atoms with E-state index in [1.807, 2.05) is 25.1 Å². The Hall–Kier alpha value is -2.67. The minimum Gasteiger partial charge on any atom is -0.433 e. The van der Waals surface area contributed by atoms with E-state index >= 15 is 0 Å². The highest BCUT2D eigenvalue weighted by atomic mass is 19.3. The van der Waals surface area contributed by atoms with E-state index in [2.05, 4.69) is 10.6 Å². The smallest absolute Gasteiger partial charge is 0.397 e. The first-order chi connectivity index (χ1) is 16.3. The second-order valence-corrected chi connectivity index (χ2v) is 9.23. The van der Waals surface area contributed by atoms with Crippen molar-refractivity contribution in [3.05, 3.63) is 53.6 Å². The van der Waals surface area contributed by atoms with Gasteiger partial charge in [0.25, 0.3) is 0 Å². The van der Waals surface area contributed by atoms with Crippen LogP contribution in [0.1, 0.15) is 69.4 Å². The molecule has 0 aromatic heterocycles. The molecule has 2 aromatic rings. The summed E-state index contributed by atoms with van der Waals surface area (Å²) >= 11 is 0. The van der Waals surface area contributed by atoms with Crippen molar-refractivity contribution in [2.45, 2.75) is 84.0 Å².